The largest absolute Gasteiger partial charge is 0.390 e. The molecule has 3 rings (SSSR count). The Hall–Kier alpha value is -1.62. The van der Waals surface area contributed by atoms with E-state index in [0.717, 1.165) is 28.2 Å². The van der Waals surface area contributed by atoms with Gasteiger partial charge < -0.3 is 15.4 Å². The zero-order chi connectivity index (χ0) is 15.9. The van der Waals surface area contributed by atoms with Crippen LogP contribution in [-0.2, 0) is 0 Å². The molecule has 0 spiro atoms. The molecule has 0 aliphatic carbocycles. The van der Waals surface area contributed by atoms with Gasteiger partial charge in [0.25, 0.3) is 0 Å². The Labute approximate surface area is 133 Å². The molecule has 0 aliphatic heterocycles. The van der Waals surface area contributed by atoms with Crippen LogP contribution in [-0.4, -0.2) is 22.3 Å². The quantitative estimate of drug-likeness (QED) is 0.767. The highest BCUT2D eigenvalue weighted by Gasteiger charge is 2.23. The van der Waals surface area contributed by atoms with Crippen LogP contribution in [0.25, 0.3) is 21.8 Å². The summed E-state index contributed by atoms with van der Waals surface area (Å²) >= 11 is 6.10. The molecule has 116 valence electrons. The molecule has 1 heterocycles. The maximum Gasteiger partial charge on any atom is 0.123 e. The Balaban J connectivity index is 2.40. The molecule has 2 aromatic carbocycles. The summed E-state index contributed by atoms with van der Waals surface area (Å²) in [5.41, 5.74) is 7.44. The molecule has 3 N–H and O–H groups in total. The molecule has 0 radical (unpaired) electrons. The maximum absolute atomic E-state index is 13.7. The van der Waals surface area contributed by atoms with Crippen LogP contribution < -0.4 is 5.73 Å². The van der Waals surface area contributed by atoms with Crippen LogP contribution in [0.1, 0.15) is 19.4 Å². The van der Waals surface area contributed by atoms with E-state index in [2.05, 4.69) is 0 Å². The lowest BCUT2D eigenvalue weighted by Crippen LogP contribution is -2.30. The second-order valence-corrected chi connectivity index (χ2v) is 5.91. The fourth-order valence-electron chi connectivity index (χ4n) is 3.14. The van der Waals surface area contributed by atoms with E-state index >= 15 is 0 Å². The van der Waals surface area contributed by atoms with Crippen molar-refractivity contribution in [3.8, 4) is 0 Å². The normalized spacial score (nSPS) is 14.6. The molecule has 0 unspecified atom stereocenters. The summed E-state index contributed by atoms with van der Waals surface area (Å²) < 4.78 is 15.7. The minimum Gasteiger partial charge on any atom is -0.390 e. The summed E-state index contributed by atoms with van der Waals surface area (Å²) in [6, 6.07) is 10.0. The van der Waals surface area contributed by atoms with E-state index in [-0.39, 0.29) is 18.4 Å². The number of rotatable bonds is 4. The predicted octanol–water partition coefficient (Wildman–Crippen LogP) is 3.86. The first-order valence-electron chi connectivity index (χ1n) is 7.33. The first-order valence-corrected chi connectivity index (χ1v) is 7.71. The second-order valence-electron chi connectivity index (χ2n) is 5.47. The van der Waals surface area contributed by atoms with E-state index in [1.54, 1.807) is 12.1 Å². The predicted molar refractivity (Wildman–Crippen MR) is 88.8 cm³/mol. The van der Waals surface area contributed by atoms with E-state index in [1.807, 2.05) is 23.6 Å². The number of halogens is 2. The molecule has 3 aromatic rings. The molecular weight excluding hydrogens is 303 g/mol. The van der Waals surface area contributed by atoms with Gasteiger partial charge in [0, 0.05) is 33.4 Å². The van der Waals surface area contributed by atoms with Crippen molar-refractivity contribution in [2.24, 2.45) is 5.73 Å². The van der Waals surface area contributed by atoms with Crippen molar-refractivity contribution in [3.63, 3.8) is 0 Å². The topological polar surface area (TPSA) is 51.2 Å². The van der Waals surface area contributed by atoms with Crippen LogP contribution in [0.4, 0.5) is 4.39 Å². The van der Waals surface area contributed by atoms with Gasteiger partial charge in [-0.25, -0.2) is 4.39 Å². The van der Waals surface area contributed by atoms with Crippen molar-refractivity contribution in [1.29, 1.82) is 0 Å². The fourth-order valence-corrected chi connectivity index (χ4v) is 3.31. The summed E-state index contributed by atoms with van der Waals surface area (Å²) in [7, 11) is 0. The van der Waals surface area contributed by atoms with Crippen LogP contribution in [0.3, 0.4) is 0 Å². The van der Waals surface area contributed by atoms with Gasteiger partial charge in [-0.2, -0.15) is 0 Å². The molecule has 2 atom stereocenters. The fraction of sp³-hybridized carbons (Fsp3) is 0.294. The van der Waals surface area contributed by atoms with Gasteiger partial charge in [-0.15, -0.1) is 0 Å². The number of hydrogen-bond acceptors (Lipinski definition) is 2. The number of aromatic nitrogens is 1. The Morgan fingerprint density at radius 3 is 2.45 bits per heavy atom. The summed E-state index contributed by atoms with van der Waals surface area (Å²) in [6.45, 7) is 2.18. The van der Waals surface area contributed by atoms with Crippen LogP contribution in [0.2, 0.25) is 5.02 Å². The highest BCUT2D eigenvalue weighted by molar-refractivity contribution is 6.31. The van der Waals surface area contributed by atoms with E-state index in [1.165, 1.54) is 12.1 Å². The second kappa shape index (κ2) is 5.88. The molecule has 0 saturated heterocycles. The van der Waals surface area contributed by atoms with Crippen molar-refractivity contribution in [1.82, 2.24) is 4.57 Å². The van der Waals surface area contributed by atoms with Gasteiger partial charge in [0.05, 0.1) is 12.1 Å². The van der Waals surface area contributed by atoms with Crippen LogP contribution >= 0.6 is 11.6 Å². The minimum atomic E-state index is -0.662. The third kappa shape index (κ3) is 2.37. The van der Waals surface area contributed by atoms with Gasteiger partial charge in [0.1, 0.15) is 5.82 Å². The molecule has 1 aromatic heterocycles. The summed E-state index contributed by atoms with van der Waals surface area (Å²) in [4.78, 5) is 0. The van der Waals surface area contributed by atoms with Gasteiger partial charge >= 0.3 is 0 Å². The van der Waals surface area contributed by atoms with E-state index in [0.29, 0.717) is 5.02 Å². The Bertz CT molecular complexity index is 771. The van der Waals surface area contributed by atoms with Crippen molar-refractivity contribution in [3.05, 3.63) is 47.2 Å². The summed E-state index contributed by atoms with van der Waals surface area (Å²) in [5, 5.41) is 12.5. The lowest BCUT2D eigenvalue weighted by molar-refractivity contribution is 0.121. The van der Waals surface area contributed by atoms with Crippen LogP contribution in [0.5, 0.6) is 0 Å². The molecule has 0 amide bonds. The van der Waals surface area contributed by atoms with Gasteiger partial charge in [0.15, 0.2) is 0 Å². The Morgan fingerprint density at radius 2 is 1.82 bits per heavy atom. The van der Waals surface area contributed by atoms with Crippen molar-refractivity contribution in [2.75, 3.05) is 6.54 Å². The third-order valence-electron chi connectivity index (χ3n) is 4.16. The number of nitrogens with zero attached hydrogens (tertiary/aromatic N) is 1. The molecule has 0 saturated carbocycles. The zero-order valence-electron chi connectivity index (χ0n) is 12.3. The number of aliphatic hydroxyl groups excluding tert-OH is 1. The van der Waals surface area contributed by atoms with Gasteiger partial charge in [0.2, 0.25) is 0 Å². The zero-order valence-corrected chi connectivity index (χ0v) is 13.0. The maximum atomic E-state index is 13.7. The average Bonchev–Trinajstić information content (AvgIpc) is 2.81. The van der Waals surface area contributed by atoms with E-state index in [9.17, 15) is 9.50 Å². The average molecular weight is 321 g/mol. The lowest BCUT2D eigenvalue weighted by Gasteiger charge is -2.24. The van der Waals surface area contributed by atoms with E-state index in [4.69, 9.17) is 17.3 Å². The molecule has 5 heteroatoms. The summed E-state index contributed by atoms with van der Waals surface area (Å²) in [6.07, 6.45) is 0.0570. The lowest BCUT2D eigenvalue weighted by atomic mass is 10.1. The van der Waals surface area contributed by atoms with Crippen molar-refractivity contribution < 1.29 is 9.50 Å². The highest BCUT2D eigenvalue weighted by Crippen LogP contribution is 2.35. The number of fused-ring (bicyclic) bond motifs is 3. The first kappa shape index (κ1) is 15.3. The van der Waals surface area contributed by atoms with Gasteiger partial charge in [-0.1, -0.05) is 18.5 Å². The number of aliphatic hydroxyl groups is 1. The molecule has 3 nitrogen and oxygen atoms in total. The number of hydrogen-bond donors (Lipinski definition) is 2. The standard InChI is InChI=1S/C17H18ClFN2O/c1-2-14(17(22)9-20)21-15-5-3-10(18)7-12(15)13-8-11(19)4-6-16(13)21/h3-8,14,17,22H,2,9,20H2,1H3/t14-,17-/m0/s1. The monoisotopic (exact) mass is 320 g/mol. The highest BCUT2D eigenvalue weighted by atomic mass is 35.5. The van der Waals surface area contributed by atoms with E-state index < -0.39 is 6.10 Å². The van der Waals surface area contributed by atoms with Gasteiger partial charge in [-0.3, -0.25) is 0 Å². The molecular formula is C17H18ClFN2O. The molecule has 22 heavy (non-hydrogen) atoms. The molecule has 0 aliphatic rings. The van der Waals surface area contributed by atoms with Crippen LogP contribution in [0, 0.1) is 5.82 Å². The Kier molecular flexibility index (Phi) is 4.08. The molecule has 0 bridgehead atoms. The Morgan fingerprint density at radius 1 is 1.18 bits per heavy atom. The first-order chi connectivity index (χ1) is 10.6. The summed E-state index contributed by atoms with van der Waals surface area (Å²) in [5.74, 6) is -0.293. The molecule has 0 fully saturated rings. The van der Waals surface area contributed by atoms with Crippen molar-refractivity contribution in [2.45, 2.75) is 25.5 Å². The van der Waals surface area contributed by atoms with Gasteiger partial charge in [-0.05, 0) is 42.8 Å². The van der Waals surface area contributed by atoms with Crippen molar-refractivity contribution >= 4 is 33.4 Å². The minimum absolute atomic E-state index is 0.170. The third-order valence-corrected chi connectivity index (χ3v) is 4.40. The number of nitrogens with two attached hydrogens (primary N) is 1. The SMILES string of the molecule is CC[C@@H]([C@@H](O)CN)n1c2ccc(F)cc2c2cc(Cl)ccc21. The smallest absolute Gasteiger partial charge is 0.123 e. The van der Waals surface area contributed by atoms with Crippen LogP contribution in [0.15, 0.2) is 36.4 Å². The number of benzene rings is 2.